The third-order valence-electron chi connectivity index (χ3n) is 3.05. The first-order valence-corrected chi connectivity index (χ1v) is 8.77. The topological polar surface area (TPSA) is 58.2 Å². The van der Waals surface area contributed by atoms with Crippen LogP contribution < -0.4 is 10.0 Å². The molecule has 0 amide bonds. The maximum Gasteiger partial charge on any atom is 0.209 e. The van der Waals surface area contributed by atoms with Gasteiger partial charge in [-0.3, -0.25) is 0 Å². The van der Waals surface area contributed by atoms with Crippen molar-refractivity contribution >= 4 is 10.0 Å². The zero-order valence-electron chi connectivity index (χ0n) is 13.0. The van der Waals surface area contributed by atoms with Crippen molar-refractivity contribution in [2.75, 3.05) is 12.8 Å². The summed E-state index contributed by atoms with van der Waals surface area (Å²) in [6.45, 7) is 8.63. The number of rotatable bonds is 7. The molecule has 2 N–H and O–H groups in total. The first-order valence-electron chi connectivity index (χ1n) is 6.88. The van der Waals surface area contributed by atoms with Gasteiger partial charge in [-0.05, 0) is 25.3 Å². The Morgan fingerprint density at radius 1 is 1.15 bits per heavy atom. The van der Waals surface area contributed by atoms with Crippen LogP contribution in [0.5, 0.6) is 0 Å². The second-order valence-corrected chi connectivity index (χ2v) is 8.02. The molecule has 0 fully saturated rings. The number of sulfonamides is 1. The van der Waals surface area contributed by atoms with Crippen LogP contribution in [0.1, 0.15) is 39.3 Å². The highest BCUT2D eigenvalue weighted by atomic mass is 32.2. The number of hydrogen-bond donors (Lipinski definition) is 2. The fourth-order valence-corrected chi connectivity index (χ4v) is 3.38. The van der Waals surface area contributed by atoms with E-state index in [4.69, 9.17) is 0 Å². The van der Waals surface area contributed by atoms with Gasteiger partial charge >= 0.3 is 0 Å². The van der Waals surface area contributed by atoms with Gasteiger partial charge in [0.15, 0.2) is 0 Å². The normalized spacial score (nSPS) is 14.5. The van der Waals surface area contributed by atoms with Gasteiger partial charge in [-0.25, -0.2) is 13.1 Å². The fourth-order valence-electron chi connectivity index (χ4n) is 2.30. The van der Waals surface area contributed by atoms with Crippen molar-refractivity contribution in [2.45, 2.75) is 39.3 Å². The predicted molar refractivity (Wildman–Crippen MR) is 84.1 cm³/mol. The van der Waals surface area contributed by atoms with E-state index in [0.717, 1.165) is 0 Å². The molecule has 1 atom stereocenters. The maximum absolute atomic E-state index is 11.4. The Hall–Kier alpha value is -0.910. The third kappa shape index (κ3) is 6.03. The van der Waals surface area contributed by atoms with Gasteiger partial charge < -0.3 is 5.32 Å². The quantitative estimate of drug-likeness (QED) is 0.812. The first kappa shape index (κ1) is 17.1. The van der Waals surface area contributed by atoms with Gasteiger partial charge in [-0.2, -0.15) is 0 Å². The molecule has 1 unspecified atom stereocenters. The highest BCUT2D eigenvalue weighted by molar-refractivity contribution is 7.88. The number of nitrogens with one attached hydrogen (secondary N) is 2. The maximum atomic E-state index is 11.4. The van der Waals surface area contributed by atoms with Crippen molar-refractivity contribution in [3.8, 4) is 0 Å². The molecule has 0 heterocycles. The number of benzene rings is 1. The zero-order chi connectivity index (χ0) is 15.4. The van der Waals surface area contributed by atoms with E-state index in [1.54, 1.807) is 0 Å². The van der Waals surface area contributed by atoms with E-state index in [-0.39, 0.29) is 6.04 Å². The first-order chi connectivity index (χ1) is 9.11. The largest absolute Gasteiger partial charge is 0.308 e. The minimum atomic E-state index is -3.20. The Balaban J connectivity index is 2.74. The summed E-state index contributed by atoms with van der Waals surface area (Å²) in [4.78, 5) is 0. The van der Waals surface area contributed by atoms with E-state index in [1.807, 2.05) is 32.0 Å². The van der Waals surface area contributed by atoms with Crippen LogP contribution in [0.15, 0.2) is 30.3 Å². The molecular weight excluding hydrogens is 272 g/mol. The fraction of sp³-hybridized carbons (Fsp3) is 0.600. The molecule has 0 radical (unpaired) electrons. The van der Waals surface area contributed by atoms with E-state index >= 15 is 0 Å². The van der Waals surface area contributed by atoms with Crippen LogP contribution >= 0.6 is 0 Å². The van der Waals surface area contributed by atoms with Gasteiger partial charge in [0.1, 0.15) is 0 Å². The summed E-state index contributed by atoms with van der Waals surface area (Å²) in [5, 5.41) is 3.47. The summed E-state index contributed by atoms with van der Waals surface area (Å²) >= 11 is 0. The van der Waals surface area contributed by atoms with Crippen molar-refractivity contribution in [3.63, 3.8) is 0 Å². The minimum absolute atomic E-state index is 0.205. The van der Waals surface area contributed by atoms with Crippen LogP contribution in [-0.4, -0.2) is 26.8 Å². The predicted octanol–water partition coefficient (Wildman–Crippen LogP) is 2.30. The second-order valence-electron chi connectivity index (χ2n) is 6.27. The summed E-state index contributed by atoms with van der Waals surface area (Å²) in [6.07, 6.45) is 1.19. The summed E-state index contributed by atoms with van der Waals surface area (Å²) in [6, 6.07) is 10.4. The van der Waals surface area contributed by atoms with Gasteiger partial charge in [0, 0.05) is 18.1 Å². The molecule has 4 nitrogen and oxygen atoms in total. The molecule has 0 aliphatic carbocycles. The van der Waals surface area contributed by atoms with Crippen molar-refractivity contribution in [2.24, 2.45) is 5.92 Å². The lowest BCUT2D eigenvalue weighted by molar-refractivity contribution is 0.347. The summed E-state index contributed by atoms with van der Waals surface area (Å²) < 4.78 is 25.4. The van der Waals surface area contributed by atoms with E-state index in [1.165, 1.54) is 11.8 Å². The van der Waals surface area contributed by atoms with Crippen LogP contribution in [0, 0.1) is 5.92 Å². The minimum Gasteiger partial charge on any atom is -0.308 e. The van der Waals surface area contributed by atoms with Crippen LogP contribution in [0.25, 0.3) is 0 Å². The lowest BCUT2D eigenvalue weighted by atomic mass is 9.95. The molecule has 1 aromatic rings. The smallest absolute Gasteiger partial charge is 0.209 e. The lowest BCUT2D eigenvalue weighted by Gasteiger charge is -2.30. The van der Waals surface area contributed by atoms with Gasteiger partial charge in [-0.15, -0.1) is 0 Å². The van der Waals surface area contributed by atoms with Crippen molar-refractivity contribution < 1.29 is 8.42 Å². The monoisotopic (exact) mass is 298 g/mol. The van der Waals surface area contributed by atoms with Crippen LogP contribution in [0.2, 0.25) is 0 Å². The molecule has 0 saturated carbocycles. The van der Waals surface area contributed by atoms with Gasteiger partial charge in [0.2, 0.25) is 10.0 Å². The zero-order valence-corrected chi connectivity index (χ0v) is 13.8. The molecule has 0 saturated heterocycles. The van der Waals surface area contributed by atoms with Crippen molar-refractivity contribution in [1.29, 1.82) is 0 Å². The lowest BCUT2D eigenvalue weighted by Crippen LogP contribution is -2.50. The third-order valence-corrected chi connectivity index (χ3v) is 3.97. The molecule has 1 aromatic carbocycles. The summed E-state index contributed by atoms with van der Waals surface area (Å²) in [5.74, 6) is 0.423. The molecule has 5 heteroatoms. The van der Waals surface area contributed by atoms with Crippen LogP contribution in [0.3, 0.4) is 0 Å². The molecule has 0 spiro atoms. The second kappa shape index (κ2) is 6.70. The average Bonchev–Trinajstić information content (AvgIpc) is 2.26. The Bertz CT molecular complexity index is 510. The standard InChI is InChI=1S/C15H26N2O2S/c1-12(2)14(13-9-7-6-8-10-13)16-11-15(3,4)17-20(5,18)19/h6-10,12,14,16-17H,11H2,1-5H3. The highest BCUT2D eigenvalue weighted by Crippen LogP contribution is 2.21. The van der Waals surface area contributed by atoms with Gasteiger partial charge in [-0.1, -0.05) is 44.2 Å². The Labute approximate surface area is 123 Å². The van der Waals surface area contributed by atoms with Gasteiger partial charge in [0.05, 0.1) is 6.26 Å². The van der Waals surface area contributed by atoms with E-state index in [0.29, 0.717) is 12.5 Å². The van der Waals surface area contributed by atoms with E-state index < -0.39 is 15.6 Å². The molecule has 0 aliphatic heterocycles. The molecule has 0 aromatic heterocycles. The Morgan fingerprint density at radius 3 is 2.15 bits per heavy atom. The Morgan fingerprint density at radius 2 is 1.70 bits per heavy atom. The molecule has 20 heavy (non-hydrogen) atoms. The SMILES string of the molecule is CC(C)C(NCC(C)(C)NS(C)(=O)=O)c1ccccc1. The molecule has 0 bridgehead atoms. The molecular formula is C15H26N2O2S. The van der Waals surface area contributed by atoms with Crippen LogP contribution in [-0.2, 0) is 10.0 Å². The van der Waals surface area contributed by atoms with Crippen molar-refractivity contribution in [1.82, 2.24) is 10.0 Å². The molecule has 1 rings (SSSR count). The van der Waals surface area contributed by atoms with Crippen LogP contribution in [0.4, 0.5) is 0 Å². The van der Waals surface area contributed by atoms with Crippen molar-refractivity contribution in [3.05, 3.63) is 35.9 Å². The summed E-state index contributed by atoms with van der Waals surface area (Å²) in [5.41, 5.74) is 0.702. The Kier molecular flexibility index (Phi) is 5.74. The summed E-state index contributed by atoms with van der Waals surface area (Å²) in [7, 11) is -3.20. The number of hydrogen-bond acceptors (Lipinski definition) is 3. The van der Waals surface area contributed by atoms with E-state index in [9.17, 15) is 8.42 Å². The average molecular weight is 298 g/mol. The highest BCUT2D eigenvalue weighted by Gasteiger charge is 2.24. The molecule has 0 aliphatic rings. The molecule has 114 valence electrons. The van der Waals surface area contributed by atoms with Gasteiger partial charge in [0.25, 0.3) is 0 Å². The van der Waals surface area contributed by atoms with E-state index in [2.05, 4.69) is 36.0 Å².